The lowest BCUT2D eigenvalue weighted by Gasteiger charge is -2.37. The Morgan fingerprint density at radius 1 is 0.893 bits per heavy atom. The molecule has 3 aromatic rings. The van der Waals surface area contributed by atoms with Gasteiger partial charge in [-0.2, -0.15) is 0 Å². The predicted molar refractivity (Wildman–Crippen MR) is 108 cm³/mol. The number of nitrogens with zero attached hydrogens (tertiary/aromatic N) is 2. The van der Waals surface area contributed by atoms with E-state index in [-0.39, 0.29) is 18.4 Å². The molecule has 0 saturated carbocycles. The van der Waals surface area contributed by atoms with Crippen molar-refractivity contribution in [1.29, 1.82) is 0 Å². The first-order valence-electron chi connectivity index (χ1n) is 9.35. The number of ether oxygens (including phenoxy) is 1. The summed E-state index contributed by atoms with van der Waals surface area (Å²) in [4.78, 5) is 22.1. The molecule has 144 valence electrons. The van der Waals surface area contributed by atoms with E-state index in [9.17, 15) is 4.79 Å². The first-order valence-corrected chi connectivity index (χ1v) is 9.35. The summed E-state index contributed by atoms with van der Waals surface area (Å²) in [6, 6.07) is 20.8. The lowest BCUT2D eigenvalue weighted by atomic mass is 9.73. The normalized spacial score (nSPS) is 15.2. The number of hydrogen-bond donors (Lipinski definition) is 1. The summed E-state index contributed by atoms with van der Waals surface area (Å²) in [5, 5.41) is 0. The molecule has 2 unspecified atom stereocenters. The van der Waals surface area contributed by atoms with Crippen LogP contribution in [0.15, 0.2) is 79.1 Å². The van der Waals surface area contributed by atoms with Crippen molar-refractivity contribution < 1.29 is 9.53 Å². The van der Waals surface area contributed by atoms with Gasteiger partial charge in [-0.3, -0.25) is 9.97 Å². The molecule has 0 aliphatic carbocycles. The van der Waals surface area contributed by atoms with Gasteiger partial charge in [0, 0.05) is 35.6 Å². The lowest BCUT2D eigenvalue weighted by Crippen LogP contribution is -2.57. The molecular formula is C23H25N3O2. The fourth-order valence-corrected chi connectivity index (χ4v) is 3.33. The van der Waals surface area contributed by atoms with Crippen molar-refractivity contribution >= 4 is 5.97 Å². The second-order valence-corrected chi connectivity index (χ2v) is 6.95. The van der Waals surface area contributed by atoms with Crippen LogP contribution in [0, 0.1) is 0 Å². The van der Waals surface area contributed by atoms with Crippen molar-refractivity contribution in [3.8, 4) is 0 Å². The van der Waals surface area contributed by atoms with E-state index in [1.165, 1.54) is 0 Å². The molecule has 0 aliphatic rings. The first-order chi connectivity index (χ1) is 13.5. The Morgan fingerprint density at radius 2 is 1.39 bits per heavy atom. The summed E-state index contributed by atoms with van der Waals surface area (Å²) in [5.41, 5.74) is 7.87. The molecule has 0 aliphatic heterocycles. The fourth-order valence-electron chi connectivity index (χ4n) is 3.33. The van der Waals surface area contributed by atoms with E-state index in [1.54, 1.807) is 12.4 Å². The van der Waals surface area contributed by atoms with Crippen molar-refractivity contribution in [2.24, 2.45) is 5.73 Å². The molecule has 0 radical (unpaired) electrons. The van der Waals surface area contributed by atoms with Crippen molar-refractivity contribution in [3.05, 3.63) is 96.1 Å². The largest absolute Gasteiger partial charge is 0.459 e. The Balaban J connectivity index is 1.92. The average molecular weight is 375 g/mol. The minimum absolute atomic E-state index is 0.169. The van der Waals surface area contributed by atoms with Crippen LogP contribution in [-0.4, -0.2) is 21.5 Å². The third-order valence-corrected chi connectivity index (χ3v) is 5.26. The summed E-state index contributed by atoms with van der Waals surface area (Å²) < 4.78 is 5.66. The predicted octanol–water partition coefficient (Wildman–Crippen LogP) is 3.82. The van der Waals surface area contributed by atoms with Gasteiger partial charge >= 0.3 is 5.97 Å². The van der Waals surface area contributed by atoms with Crippen LogP contribution in [-0.2, 0) is 16.1 Å². The molecule has 5 nitrogen and oxygen atoms in total. The highest BCUT2D eigenvalue weighted by molar-refractivity contribution is 5.83. The third kappa shape index (κ3) is 4.10. The number of nitrogens with two attached hydrogens (primary N) is 1. The molecule has 0 amide bonds. The van der Waals surface area contributed by atoms with Crippen molar-refractivity contribution in [1.82, 2.24) is 9.97 Å². The Bertz CT molecular complexity index is 840. The number of carbonyl (C=O) groups is 1. The van der Waals surface area contributed by atoms with Gasteiger partial charge in [0.2, 0.25) is 0 Å². The summed E-state index contributed by atoms with van der Waals surface area (Å²) in [7, 11) is 0. The Morgan fingerprint density at radius 3 is 1.86 bits per heavy atom. The Kier molecular flexibility index (Phi) is 6.16. The van der Waals surface area contributed by atoms with Crippen molar-refractivity contribution in [2.45, 2.75) is 37.8 Å². The Labute approximate surface area is 165 Å². The van der Waals surface area contributed by atoms with Crippen LogP contribution in [0.2, 0.25) is 0 Å². The minimum Gasteiger partial charge on any atom is -0.459 e. The summed E-state index contributed by atoms with van der Waals surface area (Å²) >= 11 is 0. The second kappa shape index (κ2) is 8.76. The van der Waals surface area contributed by atoms with Gasteiger partial charge in [-0.05, 0) is 29.8 Å². The zero-order valence-corrected chi connectivity index (χ0v) is 16.2. The van der Waals surface area contributed by atoms with Gasteiger partial charge in [-0.25, -0.2) is 4.79 Å². The van der Waals surface area contributed by atoms with Crippen LogP contribution < -0.4 is 5.73 Å². The molecule has 2 N–H and O–H groups in total. The molecule has 2 atom stereocenters. The van der Waals surface area contributed by atoms with Crippen LogP contribution in [0.3, 0.4) is 0 Å². The molecule has 2 aromatic heterocycles. The summed E-state index contributed by atoms with van der Waals surface area (Å²) in [6.07, 6.45) is 3.40. The first kappa shape index (κ1) is 19.7. The number of rotatable bonds is 7. The number of esters is 1. The second-order valence-electron chi connectivity index (χ2n) is 6.95. The van der Waals surface area contributed by atoms with Crippen LogP contribution in [0.5, 0.6) is 0 Å². The summed E-state index contributed by atoms with van der Waals surface area (Å²) in [5.74, 6) is -1.20. The van der Waals surface area contributed by atoms with Crippen molar-refractivity contribution in [2.75, 3.05) is 0 Å². The molecule has 28 heavy (non-hydrogen) atoms. The maximum atomic E-state index is 13.3. The zero-order chi connectivity index (χ0) is 20.0. The summed E-state index contributed by atoms with van der Waals surface area (Å²) in [6.45, 7) is 3.99. The van der Waals surface area contributed by atoms with Gasteiger partial charge in [0.15, 0.2) is 0 Å². The standard InChI is InChI=1S/C23H25N3O2/c1-17(20-12-6-8-14-25-20)23(24,18(2)21-13-7-9-15-26-21)22(27)28-16-19-10-4-3-5-11-19/h3-15,17-18H,16,24H2,1-2H3. The lowest BCUT2D eigenvalue weighted by molar-refractivity contribution is -0.153. The number of aromatic nitrogens is 2. The topological polar surface area (TPSA) is 78.1 Å². The molecule has 3 rings (SSSR count). The van der Waals surface area contributed by atoms with E-state index < -0.39 is 11.5 Å². The Hall–Kier alpha value is -3.05. The molecule has 0 spiro atoms. The number of carbonyl (C=O) groups excluding carboxylic acids is 1. The van der Waals surface area contributed by atoms with Crippen LogP contribution in [0.1, 0.15) is 42.6 Å². The zero-order valence-electron chi connectivity index (χ0n) is 16.2. The van der Waals surface area contributed by atoms with Gasteiger partial charge in [0.1, 0.15) is 12.1 Å². The van der Waals surface area contributed by atoms with E-state index in [1.807, 2.05) is 80.6 Å². The highest BCUT2D eigenvalue weighted by Crippen LogP contribution is 2.37. The van der Waals surface area contributed by atoms with E-state index in [0.717, 1.165) is 17.0 Å². The van der Waals surface area contributed by atoms with Crippen LogP contribution in [0.4, 0.5) is 0 Å². The molecule has 2 heterocycles. The minimum atomic E-state index is -1.32. The van der Waals surface area contributed by atoms with E-state index in [4.69, 9.17) is 10.5 Å². The van der Waals surface area contributed by atoms with E-state index >= 15 is 0 Å². The van der Waals surface area contributed by atoms with Gasteiger partial charge in [0.25, 0.3) is 0 Å². The van der Waals surface area contributed by atoms with Crippen molar-refractivity contribution in [3.63, 3.8) is 0 Å². The quantitative estimate of drug-likeness (QED) is 0.635. The number of benzene rings is 1. The molecular weight excluding hydrogens is 350 g/mol. The highest BCUT2D eigenvalue weighted by atomic mass is 16.5. The molecule has 0 bridgehead atoms. The number of hydrogen-bond acceptors (Lipinski definition) is 5. The van der Waals surface area contributed by atoms with Crippen LogP contribution >= 0.6 is 0 Å². The maximum Gasteiger partial charge on any atom is 0.327 e. The molecule has 0 fully saturated rings. The van der Waals surface area contributed by atoms with Gasteiger partial charge in [-0.15, -0.1) is 0 Å². The van der Waals surface area contributed by atoms with E-state index in [2.05, 4.69) is 9.97 Å². The van der Waals surface area contributed by atoms with Crippen LogP contribution in [0.25, 0.3) is 0 Å². The number of pyridine rings is 2. The average Bonchev–Trinajstić information content (AvgIpc) is 2.77. The third-order valence-electron chi connectivity index (χ3n) is 5.26. The SMILES string of the molecule is CC(c1ccccn1)C(N)(C(=O)OCc1ccccc1)C(C)c1ccccn1. The molecule has 0 saturated heterocycles. The molecule has 1 aromatic carbocycles. The van der Waals surface area contributed by atoms with Gasteiger partial charge < -0.3 is 10.5 Å². The highest BCUT2D eigenvalue weighted by Gasteiger charge is 2.48. The van der Waals surface area contributed by atoms with E-state index in [0.29, 0.717) is 0 Å². The van der Waals surface area contributed by atoms with Gasteiger partial charge in [-0.1, -0.05) is 56.3 Å². The maximum absolute atomic E-state index is 13.3. The van der Waals surface area contributed by atoms with Gasteiger partial charge in [0.05, 0.1) is 0 Å². The fraction of sp³-hybridized carbons (Fsp3) is 0.261. The monoisotopic (exact) mass is 375 g/mol. The smallest absolute Gasteiger partial charge is 0.327 e. The molecule has 5 heteroatoms.